The van der Waals surface area contributed by atoms with Crippen molar-refractivity contribution in [2.75, 3.05) is 16.0 Å². The molecule has 214 valence electrons. The van der Waals surface area contributed by atoms with Crippen molar-refractivity contribution in [1.82, 2.24) is 0 Å². The molecule has 3 aromatic rings. The van der Waals surface area contributed by atoms with Crippen LogP contribution < -0.4 is 21.7 Å². The number of hydrogen-bond acceptors (Lipinski definition) is 6. The van der Waals surface area contributed by atoms with E-state index in [1.54, 1.807) is 42.5 Å². The molecule has 41 heavy (non-hydrogen) atoms. The van der Waals surface area contributed by atoms with Gasteiger partial charge in [-0.25, -0.2) is 4.79 Å². The molecule has 0 fully saturated rings. The minimum absolute atomic E-state index is 0.106. The minimum Gasteiger partial charge on any atom is -0.510 e. The lowest BCUT2D eigenvalue weighted by molar-refractivity contribution is -0.119. The second-order valence-electron chi connectivity index (χ2n) is 9.69. The zero-order chi connectivity index (χ0) is 29.8. The molecule has 0 bridgehead atoms. The summed E-state index contributed by atoms with van der Waals surface area (Å²) in [5.74, 6) is -0.935. The highest BCUT2D eigenvalue weighted by molar-refractivity contribution is 6.04. The van der Waals surface area contributed by atoms with E-state index in [2.05, 4.69) is 45.2 Å². The van der Waals surface area contributed by atoms with Gasteiger partial charge in [-0.15, -0.1) is 5.11 Å². The highest BCUT2D eigenvalue weighted by atomic mass is 16.3. The third-order valence-electron chi connectivity index (χ3n) is 6.48. The van der Waals surface area contributed by atoms with E-state index in [0.29, 0.717) is 28.7 Å². The van der Waals surface area contributed by atoms with Crippen LogP contribution in [-0.4, -0.2) is 23.0 Å². The third kappa shape index (κ3) is 9.61. The number of hydrogen-bond donors (Lipinski definition) is 5. The van der Waals surface area contributed by atoms with E-state index in [4.69, 9.17) is 5.73 Å². The van der Waals surface area contributed by atoms with Crippen molar-refractivity contribution >= 4 is 40.6 Å². The lowest BCUT2D eigenvalue weighted by atomic mass is 9.89. The van der Waals surface area contributed by atoms with Crippen molar-refractivity contribution in [3.8, 4) is 0 Å². The van der Waals surface area contributed by atoms with Crippen molar-refractivity contribution in [1.29, 1.82) is 0 Å². The van der Waals surface area contributed by atoms with E-state index in [9.17, 15) is 19.5 Å². The van der Waals surface area contributed by atoms with Gasteiger partial charge in [0.15, 0.2) is 5.70 Å². The average Bonchev–Trinajstić information content (AvgIpc) is 2.94. The maximum absolute atomic E-state index is 12.9. The van der Waals surface area contributed by atoms with Crippen LogP contribution in [0, 0.1) is 5.92 Å². The van der Waals surface area contributed by atoms with E-state index < -0.39 is 11.9 Å². The van der Waals surface area contributed by atoms with Crippen LogP contribution >= 0.6 is 0 Å². The summed E-state index contributed by atoms with van der Waals surface area (Å²) in [5.41, 5.74) is 7.77. The number of nitrogens with two attached hydrogens (primary N) is 1. The molecule has 0 radical (unpaired) electrons. The number of allylic oxidation sites excluding steroid dienone is 1. The van der Waals surface area contributed by atoms with Gasteiger partial charge >= 0.3 is 6.03 Å². The Morgan fingerprint density at radius 3 is 2.12 bits per heavy atom. The minimum atomic E-state index is -0.730. The molecule has 10 heteroatoms. The van der Waals surface area contributed by atoms with Crippen LogP contribution in [0.5, 0.6) is 0 Å². The number of anilines is 3. The number of aliphatic hydroxyl groups excluding tert-OH is 1. The van der Waals surface area contributed by atoms with Crippen LogP contribution in [0.1, 0.15) is 51.5 Å². The number of rotatable bonds is 12. The van der Waals surface area contributed by atoms with Crippen LogP contribution in [0.2, 0.25) is 0 Å². The van der Waals surface area contributed by atoms with Crippen molar-refractivity contribution in [3.05, 3.63) is 95.9 Å². The Morgan fingerprint density at radius 2 is 1.49 bits per heavy atom. The fourth-order valence-corrected chi connectivity index (χ4v) is 4.22. The van der Waals surface area contributed by atoms with Gasteiger partial charge in [0, 0.05) is 23.0 Å². The van der Waals surface area contributed by atoms with Gasteiger partial charge in [0.05, 0.1) is 5.69 Å². The summed E-state index contributed by atoms with van der Waals surface area (Å²) in [5, 5.41) is 26.0. The molecule has 0 aliphatic heterocycles. The number of amides is 4. The van der Waals surface area contributed by atoms with Gasteiger partial charge in [0.25, 0.3) is 5.91 Å². The van der Waals surface area contributed by atoms with Crippen molar-refractivity contribution in [3.63, 3.8) is 0 Å². The summed E-state index contributed by atoms with van der Waals surface area (Å²) in [6.07, 6.45) is 2.65. The molecular weight excluding hydrogens is 520 g/mol. The average molecular weight is 557 g/mol. The van der Waals surface area contributed by atoms with Gasteiger partial charge < -0.3 is 26.8 Å². The second kappa shape index (κ2) is 15.0. The summed E-state index contributed by atoms with van der Waals surface area (Å²) in [6, 6.07) is 22.7. The zero-order valence-corrected chi connectivity index (χ0v) is 23.4. The summed E-state index contributed by atoms with van der Waals surface area (Å²) < 4.78 is 0. The molecule has 2 unspecified atom stereocenters. The Hall–Kier alpha value is -4.99. The molecule has 4 amide bonds. The number of carbonyl (C=O) groups excluding carboxylic acids is 3. The highest BCUT2D eigenvalue weighted by Crippen LogP contribution is 2.27. The first kappa shape index (κ1) is 30.6. The molecule has 6 N–H and O–H groups in total. The Balaban J connectivity index is 1.61. The number of primary amides is 1. The number of aliphatic hydroxyl groups is 1. The molecular formula is C31H36N6O4. The lowest BCUT2D eigenvalue weighted by Gasteiger charge is -2.18. The van der Waals surface area contributed by atoms with E-state index in [0.717, 1.165) is 19.3 Å². The topological polar surface area (TPSA) is 158 Å². The molecule has 2 atom stereocenters. The first-order chi connectivity index (χ1) is 19.7. The molecule has 0 saturated heterocycles. The SMILES string of the molecule is CCC(CCC(C)C(=O)Nc1cccc(NC(=O)C(N=Nc2cccc(NC(N)=O)c2)=C(C)O)c1)c1ccccc1. The number of urea groups is 1. The van der Waals surface area contributed by atoms with E-state index >= 15 is 0 Å². The summed E-state index contributed by atoms with van der Waals surface area (Å²) in [7, 11) is 0. The first-order valence-electron chi connectivity index (χ1n) is 13.4. The standard InChI is InChI=1S/C31H36N6O4/c1-4-22(23-10-6-5-7-11-23)17-16-20(2)29(39)33-24-12-8-13-25(18-24)34-30(40)28(21(3)38)37-36-27-15-9-14-26(19-27)35-31(32)41/h5-15,18-20,22,38H,4,16-17H2,1-3H3,(H,33,39)(H,34,40)(H3,32,35,41). The molecule has 0 aliphatic rings. The molecule has 3 rings (SSSR count). The molecule has 0 spiro atoms. The number of nitrogens with one attached hydrogen (secondary N) is 3. The van der Waals surface area contributed by atoms with Crippen molar-refractivity contribution in [2.45, 2.75) is 46.0 Å². The Kier molecular flexibility index (Phi) is 11.2. The predicted octanol–water partition coefficient (Wildman–Crippen LogP) is 7.24. The largest absolute Gasteiger partial charge is 0.510 e. The number of benzene rings is 3. The van der Waals surface area contributed by atoms with E-state index in [1.807, 2.05) is 25.1 Å². The lowest BCUT2D eigenvalue weighted by Crippen LogP contribution is -2.21. The number of azo groups is 1. The highest BCUT2D eigenvalue weighted by Gasteiger charge is 2.18. The van der Waals surface area contributed by atoms with Gasteiger partial charge in [-0.1, -0.05) is 56.3 Å². The van der Waals surface area contributed by atoms with E-state index in [1.165, 1.54) is 18.6 Å². The summed E-state index contributed by atoms with van der Waals surface area (Å²) >= 11 is 0. The monoisotopic (exact) mass is 556 g/mol. The van der Waals surface area contributed by atoms with Gasteiger partial charge in [0.2, 0.25) is 5.91 Å². The number of carbonyl (C=O) groups is 3. The molecule has 3 aromatic carbocycles. The van der Waals surface area contributed by atoms with Crippen LogP contribution in [0.3, 0.4) is 0 Å². The molecule has 0 aliphatic carbocycles. The Bertz CT molecular complexity index is 1420. The quantitative estimate of drug-likeness (QED) is 0.0904. The maximum Gasteiger partial charge on any atom is 0.316 e. The van der Waals surface area contributed by atoms with Crippen LogP contribution in [0.25, 0.3) is 0 Å². The molecule has 10 nitrogen and oxygen atoms in total. The maximum atomic E-state index is 12.9. The van der Waals surface area contributed by atoms with Crippen LogP contribution in [0.15, 0.2) is 101 Å². The zero-order valence-electron chi connectivity index (χ0n) is 23.4. The normalized spacial score (nSPS) is 13.1. The van der Waals surface area contributed by atoms with Gasteiger partial charge in [-0.2, -0.15) is 5.11 Å². The first-order valence-corrected chi connectivity index (χ1v) is 13.4. The Morgan fingerprint density at radius 1 is 0.854 bits per heavy atom. The van der Waals surface area contributed by atoms with Crippen LogP contribution in [-0.2, 0) is 9.59 Å². The summed E-state index contributed by atoms with van der Waals surface area (Å²) in [4.78, 5) is 36.8. The second-order valence-corrected chi connectivity index (χ2v) is 9.69. The van der Waals surface area contributed by atoms with Crippen molar-refractivity contribution in [2.24, 2.45) is 21.9 Å². The molecule has 0 heterocycles. The molecule has 0 aromatic heterocycles. The van der Waals surface area contributed by atoms with E-state index in [-0.39, 0.29) is 23.3 Å². The van der Waals surface area contributed by atoms with Crippen LogP contribution in [0.4, 0.5) is 27.5 Å². The predicted molar refractivity (Wildman–Crippen MR) is 161 cm³/mol. The molecule has 0 saturated carbocycles. The van der Waals surface area contributed by atoms with Gasteiger partial charge in [0.1, 0.15) is 5.76 Å². The fourth-order valence-electron chi connectivity index (χ4n) is 4.22. The Labute approximate surface area is 239 Å². The smallest absolute Gasteiger partial charge is 0.316 e. The fraction of sp³-hybridized carbons (Fsp3) is 0.258. The van der Waals surface area contributed by atoms with Crippen molar-refractivity contribution < 1.29 is 19.5 Å². The third-order valence-corrected chi connectivity index (χ3v) is 6.48. The summed E-state index contributed by atoms with van der Waals surface area (Å²) in [6.45, 7) is 5.38. The van der Waals surface area contributed by atoms with Gasteiger partial charge in [-0.3, -0.25) is 9.59 Å². The van der Waals surface area contributed by atoms with Gasteiger partial charge in [-0.05, 0) is 74.1 Å². The number of nitrogens with zero attached hydrogens (tertiary/aromatic N) is 2.